The molecule has 0 radical (unpaired) electrons. The molecule has 2 amide bonds. The van der Waals surface area contributed by atoms with Crippen molar-refractivity contribution < 1.29 is 14.3 Å². The summed E-state index contributed by atoms with van der Waals surface area (Å²) < 4.78 is 5.68. The third kappa shape index (κ3) is 6.77. The van der Waals surface area contributed by atoms with E-state index in [-0.39, 0.29) is 6.54 Å². The second-order valence-corrected chi connectivity index (χ2v) is 6.12. The maximum atomic E-state index is 11.4. The molecule has 27 heavy (non-hydrogen) atoms. The topological polar surface area (TPSA) is 79.8 Å². The highest BCUT2D eigenvalue weighted by atomic mass is 35.5. The van der Waals surface area contributed by atoms with Crippen LogP contribution in [-0.4, -0.2) is 24.6 Å². The molecule has 0 spiro atoms. The van der Waals surface area contributed by atoms with Crippen molar-refractivity contribution in [1.29, 1.82) is 0 Å². The molecule has 0 aromatic heterocycles. The molecule has 0 heterocycles. The first-order valence-electron chi connectivity index (χ1n) is 7.88. The second-order valence-electron chi connectivity index (χ2n) is 5.30. The lowest BCUT2D eigenvalue weighted by molar-refractivity contribution is -0.139. The number of amides is 2. The maximum absolute atomic E-state index is 11.4. The van der Waals surface area contributed by atoms with Crippen LogP contribution in [0.2, 0.25) is 10.0 Å². The van der Waals surface area contributed by atoms with Crippen molar-refractivity contribution in [3.63, 3.8) is 0 Å². The van der Waals surface area contributed by atoms with Crippen molar-refractivity contribution in [2.75, 3.05) is 6.54 Å². The molecule has 2 aromatic carbocycles. The molecule has 0 fully saturated rings. The van der Waals surface area contributed by atoms with Crippen molar-refractivity contribution in [1.82, 2.24) is 10.7 Å². The predicted molar refractivity (Wildman–Crippen MR) is 106 cm³/mol. The van der Waals surface area contributed by atoms with E-state index < -0.39 is 11.8 Å². The zero-order valence-electron chi connectivity index (χ0n) is 14.2. The Morgan fingerprint density at radius 3 is 2.48 bits per heavy atom. The van der Waals surface area contributed by atoms with E-state index in [1.165, 1.54) is 12.3 Å². The van der Waals surface area contributed by atoms with Gasteiger partial charge in [-0.1, -0.05) is 35.3 Å². The highest BCUT2D eigenvalue weighted by Crippen LogP contribution is 2.23. The van der Waals surface area contributed by atoms with Gasteiger partial charge in [-0.15, -0.1) is 6.58 Å². The molecule has 0 aliphatic heterocycles. The van der Waals surface area contributed by atoms with Gasteiger partial charge in [0.1, 0.15) is 12.4 Å². The molecule has 140 valence electrons. The Labute approximate surface area is 166 Å². The maximum Gasteiger partial charge on any atom is 0.329 e. The molecule has 2 rings (SSSR count). The summed E-state index contributed by atoms with van der Waals surface area (Å²) in [6.45, 7) is 4.00. The number of carbonyl (C=O) groups is 2. The number of hydrazone groups is 1. The summed E-state index contributed by atoms with van der Waals surface area (Å²) in [6.07, 6.45) is 2.89. The zero-order valence-corrected chi connectivity index (χ0v) is 15.8. The highest BCUT2D eigenvalue weighted by Gasteiger charge is 2.10. The van der Waals surface area contributed by atoms with Crippen LogP contribution in [0.15, 0.2) is 60.2 Å². The Kier molecular flexibility index (Phi) is 7.85. The average Bonchev–Trinajstić information content (AvgIpc) is 2.67. The number of ether oxygens (including phenoxy) is 1. The fourth-order valence-corrected chi connectivity index (χ4v) is 2.23. The van der Waals surface area contributed by atoms with E-state index in [9.17, 15) is 9.59 Å². The number of nitrogens with one attached hydrogen (secondary N) is 2. The van der Waals surface area contributed by atoms with Crippen LogP contribution in [0.1, 0.15) is 11.1 Å². The average molecular weight is 406 g/mol. The fourth-order valence-electron chi connectivity index (χ4n) is 1.91. The number of halogens is 2. The lowest BCUT2D eigenvalue weighted by Crippen LogP contribution is -2.37. The van der Waals surface area contributed by atoms with E-state index in [0.717, 1.165) is 11.1 Å². The van der Waals surface area contributed by atoms with Crippen molar-refractivity contribution in [2.45, 2.75) is 6.61 Å². The molecular formula is C19H17Cl2N3O3. The van der Waals surface area contributed by atoms with Gasteiger partial charge in [0.2, 0.25) is 0 Å². The van der Waals surface area contributed by atoms with Gasteiger partial charge in [0.05, 0.1) is 16.3 Å². The van der Waals surface area contributed by atoms with Crippen molar-refractivity contribution in [3.05, 3.63) is 76.3 Å². The van der Waals surface area contributed by atoms with Gasteiger partial charge in [0.25, 0.3) is 0 Å². The second kappa shape index (κ2) is 10.4. The Bertz CT molecular complexity index is 852. The monoisotopic (exact) mass is 405 g/mol. The van der Waals surface area contributed by atoms with E-state index in [0.29, 0.717) is 22.4 Å². The van der Waals surface area contributed by atoms with Crippen LogP contribution < -0.4 is 15.5 Å². The number of rotatable bonds is 7. The highest BCUT2D eigenvalue weighted by molar-refractivity contribution is 6.42. The first-order valence-corrected chi connectivity index (χ1v) is 8.64. The van der Waals surface area contributed by atoms with Gasteiger partial charge in [0, 0.05) is 6.54 Å². The van der Waals surface area contributed by atoms with Crippen molar-refractivity contribution in [3.8, 4) is 5.75 Å². The fraction of sp³-hybridized carbons (Fsp3) is 0.105. The van der Waals surface area contributed by atoms with Crippen LogP contribution in [0.25, 0.3) is 0 Å². The van der Waals surface area contributed by atoms with Crippen LogP contribution in [0.4, 0.5) is 0 Å². The zero-order chi connectivity index (χ0) is 19.6. The standard InChI is InChI=1S/C19H17Cl2N3O3/c1-2-9-22-18(25)19(26)24-23-11-13-3-6-15(7-4-13)27-12-14-5-8-16(20)17(21)10-14/h2-8,10-11H,1,9,12H2,(H,22,25)(H,24,26)/b23-11-. The largest absolute Gasteiger partial charge is 0.489 e. The van der Waals surface area contributed by atoms with Gasteiger partial charge in [-0.2, -0.15) is 5.10 Å². The molecule has 0 saturated heterocycles. The predicted octanol–water partition coefficient (Wildman–Crippen LogP) is 3.32. The van der Waals surface area contributed by atoms with Crippen LogP contribution >= 0.6 is 23.2 Å². The summed E-state index contributed by atoms with van der Waals surface area (Å²) in [6, 6.07) is 12.3. The van der Waals surface area contributed by atoms with E-state index in [1.54, 1.807) is 36.4 Å². The van der Waals surface area contributed by atoms with E-state index in [4.69, 9.17) is 27.9 Å². The van der Waals surface area contributed by atoms with Crippen LogP contribution in [0, 0.1) is 0 Å². The summed E-state index contributed by atoms with van der Waals surface area (Å²) in [7, 11) is 0. The van der Waals surface area contributed by atoms with Gasteiger partial charge >= 0.3 is 11.8 Å². The first kappa shape index (κ1) is 20.5. The Balaban J connectivity index is 1.83. The molecule has 0 saturated carbocycles. The molecule has 0 aliphatic rings. The number of benzene rings is 2. The summed E-state index contributed by atoms with van der Waals surface area (Å²) >= 11 is 11.8. The Morgan fingerprint density at radius 1 is 1.07 bits per heavy atom. The third-order valence-electron chi connectivity index (χ3n) is 3.26. The number of carbonyl (C=O) groups excluding carboxylic acids is 2. The van der Waals surface area contributed by atoms with Crippen molar-refractivity contribution >= 4 is 41.2 Å². The van der Waals surface area contributed by atoms with Crippen molar-refractivity contribution in [2.24, 2.45) is 5.10 Å². The van der Waals surface area contributed by atoms with Gasteiger partial charge in [-0.05, 0) is 47.5 Å². The van der Waals surface area contributed by atoms with E-state index in [1.807, 2.05) is 6.07 Å². The Morgan fingerprint density at radius 2 is 1.81 bits per heavy atom. The van der Waals surface area contributed by atoms with Gasteiger partial charge < -0.3 is 10.1 Å². The summed E-state index contributed by atoms with van der Waals surface area (Å²) in [5.74, 6) is -0.973. The number of nitrogens with zero attached hydrogens (tertiary/aromatic N) is 1. The minimum Gasteiger partial charge on any atom is -0.489 e. The number of hydrogen-bond donors (Lipinski definition) is 2. The minimum atomic E-state index is -0.852. The molecule has 0 bridgehead atoms. The molecule has 0 atom stereocenters. The molecular weight excluding hydrogens is 389 g/mol. The van der Waals surface area contributed by atoms with Gasteiger partial charge in [0.15, 0.2) is 0 Å². The minimum absolute atomic E-state index is 0.208. The van der Waals surface area contributed by atoms with Gasteiger partial charge in [-0.25, -0.2) is 5.43 Å². The summed E-state index contributed by atoms with van der Waals surface area (Å²) in [5.41, 5.74) is 3.76. The number of hydrogen-bond acceptors (Lipinski definition) is 4. The SMILES string of the molecule is C=CCNC(=O)C(=O)N/N=C\c1ccc(OCc2ccc(Cl)c(Cl)c2)cc1. The third-order valence-corrected chi connectivity index (χ3v) is 4.00. The quantitative estimate of drug-likeness (QED) is 0.321. The summed E-state index contributed by atoms with van der Waals surface area (Å²) in [4.78, 5) is 22.8. The van der Waals surface area contributed by atoms with E-state index >= 15 is 0 Å². The van der Waals surface area contributed by atoms with Gasteiger partial charge in [-0.3, -0.25) is 9.59 Å². The Hall–Kier alpha value is -2.83. The lowest BCUT2D eigenvalue weighted by atomic mass is 10.2. The van der Waals surface area contributed by atoms with E-state index in [2.05, 4.69) is 22.4 Å². The lowest BCUT2D eigenvalue weighted by Gasteiger charge is -2.07. The van der Waals surface area contributed by atoms with Crippen LogP contribution in [-0.2, 0) is 16.2 Å². The molecule has 8 heteroatoms. The molecule has 2 N–H and O–H groups in total. The van der Waals surface area contributed by atoms with Crippen LogP contribution in [0.5, 0.6) is 5.75 Å². The van der Waals surface area contributed by atoms with Crippen LogP contribution in [0.3, 0.4) is 0 Å². The summed E-state index contributed by atoms with van der Waals surface area (Å²) in [5, 5.41) is 7.05. The molecule has 0 aliphatic carbocycles. The normalized spacial score (nSPS) is 10.4. The molecule has 2 aromatic rings. The smallest absolute Gasteiger partial charge is 0.329 e. The first-order chi connectivity index (χ1) is 13.0. The molecule has 0 unspecified atom stereocenters. The molecule has 6 nitrogen and oxygen atoms in total.